The summed E-state index contributed by atoms with van der Waals surface area (Å²) >= 11 is 0. The molecular weight excluding hydrogens is 318 g/mol. The number of phenols is 1. The van der Waals surface area contributed by atoms with Crippen LogP contribution in [0.1, 0.15) is 68.7 Å². The van der Waals surface area contributed by atoms with Gasteiger partial charge in [-0.3, -0.25) is 4.99 Å². The molecule has 0 aromatic heterocycles. The summed E-state index contributed by atoms with van der Waals surface area (Å²) < 4.78 is 0. The minimum Gasteiger partial charge on any atom is -0.507 e. The van der Waals surface area contributed by atoms with Crippen molar-refractivity contribution in [2.75, 3.05) is 0 Å². The largest absolute Gasteiger partial charge is 0.507 e. The molecule has 0 heterocycles. The van der Waals surface area contributed by atoms with Crippen LogP contribution in [0.25, 0.3) is 0 Å². The number of phenolic OH excluding ortho intramolecular Hbond substituents is 1. The van der Waals surface area contributed by atoms with Gasteiger partial charge in [-0.1, -0.05) is 63.2 Å². The van der Waals surface area contributed by atoms with Crippen LogP contribution in [0.5, 0.6) is 5.75 Å². The fraction of sp³-hybridized carbons (Fsp3) is 0.458. The van der Waals surface area contributed by atoms with E-state index in [1.54, 1.807) is 0 Å². The lowest BCUT2D eigenvalue weighted by Gasteiger charge is -2.28. The summed E-state index contributed by atoms with van der Waals surface area (Å²) in [5.41, 5.74) is 3.83. The predicted octanol–water partition coefficient (Wildman–Crippen LogP) is 6.02. The van der Waals surface area contributed by atoms with Crippen molar-refractivity contribution >= 4 is 6.21 Å². The van der Waals surface area contributed by atoms with Crippen molar-refractivity contribution in [1.29, 1.82) is 0 Å². The minimum atomic E-state index is -0.262. The molecule has 0 spiro atoms. The topological polar surface area (TPSA) is 32.6 Å². The molecule has 0 bridgehead atoms. The Morgan fingerprint density at radius 2 is 1.65 bits per heavy atom. The number of benzene rings is 2. The van der Waals surface area contributed by atoms with E-state index < -0.39 is 0 Å². The summed E-state index contributed by atoms with van der Waals surface area (Å²) in [4.78, 5) is 4.82. The van der Waals surface area contributed by atoms with Crippen LogP contribution in [0.3, 0.4) is 0 Å². The summed E-state index contributed by atoms with van der Waals surface area (Å²) in [5.74, 6) is 1.19. The molecule has 26 heavy (non-hydrogen) atoms. The molecule has 0 saturated heterocycles. The lowest BCUT2D eigenvalue weighted by molar-refractivity contribution is 0.350. The van der Waals surface area contributed by atoms with Crippen LogP contribution in [-0.2, 0) is 5.41 Å². The zero-order chi connectivity index (χ0) is 18.7. The second kappa shape index (κ2) is 7.65. The average molecular weight is 350 g/mol. The molecule has 2 nitrogen and oxygen atoms in total. The second-order valence-electron chi connectivity index (χ2n) is 8.38. The number of rotatable bonds is 4. The van der Waals surface area contributed by atoms with E-state index in [1.807, 2.05) is 19.2 Å². The van der Waals surface area contributed by atoms with E-state index in [2.05, 4.69) is 57.2 Å². The SMILES string of the molecule is Cc1ccc(C(C)(C)c2ccccc2)c(O)c1C=NC1CCC(C)CC1. The summed E-state index contributed by atoms with van der Waals surface area (Å²) in [6.45, 7) is 8.70. The van der Waals surface area contributed by atoms with Crippen molar-refractivity contribution in [3.63, 3.8) is 0 Å². The lowest BCUT2D eigenvalue weighted by atomic mass is 9.76. The third-order valence-electron chi connectivity index (χ3n) is 6.00. The van der Waals surface area contributed by atoms with Gasteiger partial charge < -0.3 is 5.11 Å². The molecule has 0 unspecified atom stereocenters. The third kappa shape index (κ3) is 3.85. The maximum atomic E-state index is 11.0. The monoisotopic (exact) mass is 349 g/mol. The van der Waals surface area contributed by atoms with Gasteiger partial charge in [-0.05, 0) is 49.7 Å². The zero-order valence-corrected chi connectivity index (χ0v) is 16.5. The molecule has 2 aromatic rings. The van der Waals surface area contributed by atoms with Gasteiger partial charge in [0, 0.05) is 28.8 Å². The van der Waals surface area contributed by atoms with Crippen LogP contribution in [-0.4, -0.2) is 17.4 Å². The Hall–Kier alpha value is -2.09. The molecule has 0 radical (unpaired) electrons. The lowest BCUT2D eigenvalue weighted by Crippen LogP contribution is -2.20. The van der Waals surface area contributed by atoms with Crippen LogP contribution in [0, 0.1) is 12.8 Å². The summed E-state index contributed by atoms with van der Waals surface area (Å²) in [5, 5.41) is 11.0. The van der Waals surface area contributed by atoms with Crippen LogP contribution in [0.2, 0.25) is 0 Å². The van der Waals surface area contributed by atoms with E-state index in [4.69, 9.17) is 4.99 Å². The molecule has 0 atom stereocenters. The van der Waals surface area contributed by atoms with Crippen LogP contribution in [0.4, 0.5) is 0 Å². The number of hydrogen-bond donors (Lipinski definition) is 1. The van der Waals surface area contributed by atoms with Gasteiger partial charge in [-0.15, -0.1) is 0 Å². The van der Waals surface area contributed by atoms with Gasteiger partial charge in [0.15, 0.2) is 0 Å². The number of hydrogen-bond acceptors (Lipinski definition) is 2. The van der Waals surface area contributed by atoms with E-state index in [0.29, 0.717) is 11.8 Å². The molecule has 0 amide bonds. The quantitative estimate of drug-likeness (QED) is 0.672. The first-order chi connectivity index (χ1) is 12.4. The highest BCUT2D eigenvalue weighted by Gasteiger charge is 2.27. The van der Waals surface area contributed by atoms with E-state index >= 15 is 0 Å². The number of aryl methyl sites for hydroxylation is 1. The number of aromatic hydroxyl groups is 1. The van der Waals surface area contributed by atoms with Crippen LogP contribution < -0.4 is 0 Å². The molecule has 2 aromatic carbocycles. The number of aliphatic imine (C=N–C) groups is 1. The molecule has 1 aliphatic carbocycles. The Bertz CT molecular complexity index is 768. The van der Waals surface area contributed by atoms with Gasteiger partial charge in [-0.2, -0.15) is 0 Å². The van der Waals surface area contributed by atoms with E-state index in [-0.39, 0.29) is 5.41 Å². The predicted molar refractivity (Wildman–Crippen MR) is 110 cm³/mol. The molecule has 3 rings (SSSR count). The van der Waals surface area contributed by atoms with Gasteiger partial charge in [-0.25, -0.2) is 0 Å². The Labute approximate surface area is 158 Å². The van der Waals surface area contributed by atoms with Gasteiger partial charge >= 0.3 is 0 Å². The standard InChI is InChI=1S/C24H31NO/c1-17-10-13-20(14-11-17)25-16-21-18(2)12-15-22(23(21)26)24(3,4)19-8-6-5-7-9-19/h5-9,12,15-17,20,26H,10-11,13-14H2,1-4H3. The summed E-state index contributed by atoms with van der Waals surface area (Å²) in [6.07, 6.45) is 6.75. The van der Waals surface area contributed by atoms with Gasteiger partial charge in [0.1, 0.15) is 5.75 Å². The Balaban J connectivity index is 1.92. The van der Waals surface area contributed by atoms with E-state index in [1.165, 1.54) is 18.4 Å². The van der Waals surface area contributed by atoms with Crippen molar-refractivity contribution < 1.29 is 5.11 Å². The molecular formula is C24H31NO. The van der Waals surface area contributed by atoms with Crippen molar-refractivity contribution in [3.8, 4) is 5.75 Å². The smallest absolute Gasteiger partial charge is 0.128 e. The Kier molecular flexibility index (Phi) is 5.50. The second-order valence-corrected chi connectivity index (χ2v) is 8.38. The van der Waals surface area contributed by atoms with Gasteiger partial charge in [0.2, 0.25) is 0 Å². The minimum absolute atomic E-state index is 0.262. The molecule has 1 fully saturated rings. The summed E-state index contributed by atoms with van der Waals surface area (Å²) in [7, 11) is 0. The maximum absolute atomic E-state index is 11.0. The Morgan fingerprint density at radius 1 is 1.00 bits per heavy atom. The first kappa shape index (κ1) is 18.7. The highest BCUT2D eigenvalue weighted by atomic mass is 16.3. The molecule has 138 valence electrons. The van der Waals surface area contributed by atoms with Crippen LogP contribution in [0.15, 0.2) is 47.5 Å². The van der Waals surface area contributed by atoms with Gasteiger partial charge in [0.05, 0.1) is 0 Å². The molecule has 1 saturated carbocycles. The highest BCUT2D eigenvalue weighted by molar-refractivity contribution is 5.86. The van der Waals surface area contributed by atoms with Crippen molar-refractivity contribution in [1.82, 2.24) is 0 Å². The van der Waals surface area contributed by atoms with E-state index in [0.717, 1.165) is 35.4 Å². The Morgan fingerprint density at radius 3 is 2.31 bits per heavy atom. The summed E-state index contributed by atoms with van der Waals surface area (Å²) in [6, 6.07) is 14.9. The third-order valence-corrected chi connectivity index (χ3v) is 6.00. The molecule has 1 aliphatic rings. The highest BCUT2D eigenvalue weighted by Crippen LogP contribution is 2.39. The van der Waals surface area contributed by atoms with Crippen molar-refractivity contribution in [2.24, 2.45) is 10.9 Å². The fourth-order valence-corrected chi connectivity index (χ4v) is 3.96. The van der Waals surface area contributed by atoms with Gasteiger partial charge in [0.25, 0.3) is 0 Å². The molecule has 1 N–H and O–H groups in total. The van der Waals surface area contributed by atoms with Crippen molar-refractivity contribution in [2.45, 2.75) is 64.8 Å². The molecule has 2 heteroatoms. The average Bonchev–Trinajstić information content (AvgIpc) is 2.63. The van der Waals surface area contributed by atoms with Crippen molar-refractivity contribution in [3.05, 3.63) is 64.7 Å². The zero-order valence-electron chi connectivity index (χ0n) is 16.5. The first-order valence-electron chi connectivity index (χ1n) is 9.81. The van der Waals surface area contributed by atoms with E-state index in [9.17, 15) is 5.11 Å². The molecule has 0 aliphatic heterocycles. The first-order valence-corrected chi connectivity index (χ1v) is 9.81. The van der Waals surface area contributed by atoms with Crippen LogP contribution >= 0.6 is 0 Å². The number of nitrogens with zero attached hydrogens (tertiary/aromatic N) is 1. The maximum Gasteiger partial charge on any atom is 0.128 e. The fourth-order valence-electron chi connectivity index (χ4n) is 3.96. The normalized spacial score (nSPS) is 21.2.